The molecule has 1 saturated carbocycles. The van der Waals surface area contributed by atoms with Gasteiger partial charge in [-0.15, -0.1) is 12.4 Å². The van der Waals surface area contributed by atoms with Gasteiger partial charge in [-0.05, 0) is 31.4 Å². The highest BCUT2D eigenvalue weighted by molar-refractivity contribution is 7.99. The van der Waals surface area contributed by atoms with Crippen LogP contribution in [0, 0.1) is 0 Å². The third-order valence-corrected chi connectivity index (χ3v) is 5.43. The summed E-state index contributed by atoms with van der Waals surface area (Å²) in [6.07, 6.45) is 7.63. The first-order chi connectivity index (χ1) is 8.65. The van der Waals surface area contributed by atoms with Crippen molar-refractivity contribution in [2.75, 3.05) is 18.8 Å². The number of carbonyl (C=O) groups excluding carboxylic acids is 1. The molecule has 0 aromatic rings. The molecule has 1 aliphatic carbocycles. The average molecular weight is 307 g/mol. The summed E-state index contributed by atoms with van der Waals surface area (Å²) < 4.78 is 0. The van der Waals surface area contributed by atoms with E-state index in [0.717, 1.165) is 50.9 Å². The first-order valence-corrected chi connectivity index (χ1v) is 8.40. The van der Waals surface area contributed by atoms with Crippen LogP contribution in [0.3, 0.4) is 0 Å². The molecule has 2 aliphatic rings. The number of nitrogens with two attached hydrogens (primary N) is 1. The molecule has 3 nitrogen and oxygen atoms in total. The van der Waals surface area contributed by atoms with Crippen molar-refractivity contribution in [3.05, 3.63) is 0 Å². The molecule has 2 rings (SSSR count). The lowest BCUT2D eigenvalue weighted by molar-refractivity contribution is -0.136. The van der Waals surface area contributed by atoms with Gasteiger partial charge in [0.25, 0.3) is 0 Å². The molecule has 1 atom stereocenters. The standard InChI is InChI=1S/C14H26N2OS.ClH/c1-2-18-12-7-3-6-10-16(11-12)13(17)14(15)8-4-5-9-14;/h12H,2-11,15H2,1H3;1H. The van der Waals surface area contributed by atoms with Gasteiger partial charge < -0.3 is 10.6 Å². The third-order valence-electron chi connectivity index (χ3n) is 4.24. The third kappa shape index (κ3) is 4.27. The van der Waals surface area contributed by atoms with Crippen LogP contribution in [0.4, 0.5) is 0 Å². The van der Waals surface area contributed by atoms with Crippen LogP contribution in [-0.2, 0) is 4.79 Å². The second kappa shape index (κ2) is 7.75. The number of likely N-dealkylation sites (tertiary alicyclic amines) is 1. The van der Waals surface area contributed by atoms with Crippen LogP contribution in [0.2, 0.25) is 0 Å². The van der Waals surface area contributed by atoms with Crippen molar-refractivity contribution in [3.8, 4) is 0 Å². The molecule has 0 aromatic carbocycles. The number of amides is 1. The average Bonchev–Trinajstić information content (AvgIpc) is 2.67. The molecule has 0 bridgehead atoms. The van der Waals surface area contributed by atoms with Crippen molar-refractivity contribution in [2.45, 2.75) is 62.7 Å². The lowest BCUT2D eigenvalue weighted by Gasteiger charge is -2.32. The van der Waals surface area contributed by atoms with Gasteiger partial charge in [-0.2, -0.15) is 11.8 Å². The van der Waals surface area contributed by atoms with Gasteiger partial charge in [0.15, 0.2) is 0 Å². The van der Waals surface area contributed by atoms with Crippen LogP contribution in [-0.4, -0.2) is 40.4 Å². The van der Waals surface area contributed by atoms with E-state index in [2.05, 4.69) is 11.8 Å². The topological polar surface area (TPSA) is 46.3 Å². The number of carbonyl (C=O) groups is 1. The minimum Gasteiger partial charge on any atom is -0.340 e. The second-order valence-corrected chi connectivity index (χ2v) is 7.26. The van der Waals surface area contributed by atoms with E-state index in [0.29, 0.717) is 5.25 Å². The van der Waals surface area contributed by atoms with Crippen LogP contribution in [0.15, 0.2) is 0 Å². The van der Waals surface area contributed by atoms with E-state index in [1.54, 1.807) is 0 Å². The lowest BCUT2D eigenvalue weighted by atomic mass is 9.97. The van der Waals surface area contributed by atoms with Crippen LogP contribution in [0.25, 0.3) is 0 Å². The fraction of sp³-hybridized carbons (Fsp3) is 0.929. The van der Waals surface area contributed by atoms with E-state index in [1.807, 2.05) is 11.8 Å². The van der Waals surface area contributed by atoms with Gasteiger partial charge in [0.05, 0.1) is 5.54 Å². The van der Waals surface area contributed by atoms with Crippen LogP contribution in [0.1, 0.15) is 51.9 Å². The lowest BCUT2D eigenvalue weighted by Crippen LogP contribution is -2.54. The molecule has 1 amide bonds. The molecule has 2 N–H and O–H groups in total. The van der Waals surface area contributed by atoms with E-state index in [9.17, 15) is 4.79 Å². The molecule has 0 spiro atoms. The van der Waals surface area contributed by atoms with Gasteiger partial charge >= 0.3 is 0 Å². The summed E-state index contributed by atoms with van der Waals surface area (Å²) in [6.45, 7) is 4.03. The maximum atomic E-state index is 12.6. The SMILES string of the molecule is CCSC1CCCCN(C(=O)C2(N)CCCC2)C1.Cl. The molecular weight excluding hydrogens is 280 g/mol. The van der Waals surface area contributed by atoms with Gasteiger partial charge in [-0.1, -0.05) is 26.2 Å². The number of halogens is 1. The summed E-state index contributed by atoms with van der Waals surface area (Å²) in [6, 6.07) is 0. The normalized spacial score (nSPS) is 26.6. The van der Waals surface area contributed by atoms with Crippen LogP contribution >= 0.6 is 24.2 Å². The first-order valence-electron chi connectivity index (χ1n) is 7.35. The van der Waals surface area contributed by atoms with Gasteiger partial charge in [0, 0.05) is 18.3 Å². The molecule has 112 valence electrons. The zero-order valence-corrected chi connectivity index (χ0v) is 13.5. The Bertz CT molecular complexity index is 295. The molecule has 5 heteroatoms. The number of nitrogens with zero attached hydrogens (tertiary/aromatic N) is 1. The Kier molecular flexibility index (Phi) is 6.98. The molecule has 19 heavy (non-hydrogen) atoms. The smallest absolute Gasteiger partial charge is 0.242 e. The zero-order chi connectivity index (χ0) is 13.0. The highest BCUT2D eigenvalue weighted by atomic mass is 35.5. The fourth-order valence-corrected chi connectivity index (χ4v) is 4.28. The van der Waals surface area contributed by atoms with Crippen molar-refractivity contribution in [1.82, 2.24) is 4.90 Å². The summed E-state index contributed by atoms with van der Waals surface area (Å²) in [5.41, 5.74) is 5.77. The van der Waals surface area contributed by atoms with E-state index < -0.39 is 5.54 Å². The molecule has 0 aromatic heterocycles. The molecule has 0 radical (unpaired) electrons. The van der Waals surface area contributed by atoms with Gasteiger partial charge in [-0.3, -0.25) is 4.79 Å². The minimum atomic E-state index is -0.536. The van der Waals surface area contributed by atoms with Gasteiger partial charge in [0.2, 0.25) is 5.91 Å². The summed E-state index contributed by atoms with van der Waals surface area (Å²) in [7, 11) is 0. The number of hydrogen-bond donors (Lipinski definition) is 1. The minimum absolute atomic E-state index is 0. The summed E-state index contributed by atoms with van der Waals surface area (Å²) >= 11 is 1.99. The Hall–Kier alpha value is 0.0700. The molecule has 1 heterocycles. The van der Waals surface area contributed by atoms with Crippen LogP contribution < -0.4 is 5.73 Å². The number of hydrogen-bond acceptors (Lipinski definition) is 3. The Morgan fingerprint density at radius 2 is 2.00 bits per heavy atom. The summed E-state index contributed by atoms with van der Waals surface area (Å²) in [5.74, 6) is 1.36. The molecule has 1 aliphatic heterocycles. The monoisotopic (exact) mass is 306 g/mol. The van der Waals surface area contributed by atoms with Crippen molar-refractivity contribution < 1.29 is 4.79 Å². The van der Waals surface area contributed by atoms with Gasteiger partial charge in [-0.25, -0.2) is 0 Å². The van der Waals surface area contributed by atoms with E-state index >= 15 is 0 Å². The molecule has 1 saturated heterocycles. The zero-order valence-electron chi connectivity index (χ0n) is 11.9. The van der Waals surface area contributed by atoms with Crippen molar-refractivity contribution in [1.29, 1.82) is 0 Å². The van der Waals surface area contributed by atoms with Crippen molar-refractivity contribution >= 4 is 30.1 Å². The molecular formula is C14H27ClN2OS. The maximum Gasteiger partial charge on any atom is 0.242 e. The Labute approximate surface area is 127 Å². The van der Waals surface area contributed by atoms with Crippen molar-refractivity contribution in [3.63, 3.8) is 0 Å². The number of rotatable bonds is 3. The Morgan fingerprint density at radius 1 is 1.32 bits per heavy atom. The quantitative estimate of drug-likeness (QED) is 0.872. The summed E-state index contributed by atoms with van der Waals surface area (Å²) in [4.78, 5) is 14.7. The largest absolute Gasteiger partial charge is 0.340 e. The first kappa shape index (κ1) is 17.1. The highest BCUT2D eigenvalue weighted by Crippen LogP contribution is 2.31. The van der Waals surface area contributed by atoms with Crippen molar-refractivity contribution in [2.24, 2.45) is 5.73 Å². The molecule has 2 fully saturated rings. The highest BCUT2D eigenvalue weighted by Gasteiger charge is 2.40. The predicted octanol–water partition coefficient (Wildman–Crippen LogP) is 2.81. The predicted molar refractivity (Wildman–Crippen MR) is 85.0 cm³/mol. The Morgan fingerprint density at radius 3 is 2.63 bits per heavy atom. The van der Waals surface area contributed by atoms with E-state index in [4.69, 9.17) is 5.73 Å². The van der Waals surface area contributed by atoms with Gasteiger partial charge in [0.1, 0.15) is 0 Å². The second-order valence-electron chi connectivity index (χ2n) is 5.69. The maximum absolute atomic E-state index is 12.6. The molecule has 1 unspecified atom stereocenters. The number of thioether (sulfide) groups is 1. The fourth-order valence-electron chi connectivity index (χ4n) is 3.19. The Balaban J connectivity index is 0.00000180. The summed E-state index contributed by atoms with van der Waals surface area (Å²) in [5, 5.41) is 0.617. The van der Waals surface area contributed by atoms with Crippen LogP contribution in [0.5, 0.6) is 0 Å². The van der Waals surface area contributed by atoms with E-state index in [-0.39, 0.29) is 18.3 Å². The van der Waals surface area contributed by atoms with E-state index in [1.165, 1.54) is 12.8 Å².